The van der Waals surface area contributed by atoms with Gasteiger partial charge in [0.25, 0.3) is 23.6 Å². The van der Waals surface area contributed by atoms with Crippen molar-refractivity contribution in [2.24, 2.45) is 0 Å². The fourth-order valence-corrected chi connectivity index (χ4v) is 4.30. The molecule has 2 aromatic heterocycles. The summed E-state index contributed by atoms with van der Waals surface area (Å²) in [4.78, 5) is 82.9. The van der Waals surface area contributed by atoms with E-state index < -0.39 is 47.0 Å². The molecule has 2 aliphatic heterocycles. The Labute approximate surface area is 291 Å². The maximum atomic E-state index is 12.2. The van der Waals surface area contributed by atoms with E-state index in [1.54, 1.807) is 77.9 Å². The van der Waals surface area contributed by atoms with E-state index in [-0.39, 0.29) is 29.4 Å². The number of fused-ring (bicyclic) bond motifs is 2. The summed E-state index contributed by atoms with van der Waals surface area (Å²) in [5.41, 5.74) is 0.769. The minimum absolute atomic E-state index is 0.130. The van der Waals surface area contributed by atoms with Crippen LogP contribution in [0.3, 0.4) is 0 Å². The van der Waals surface area contributed by atoms with E-state index in [1.165, 1.54) is 46.3 Å². The van der Waals surface area contributed by atoms with Gasteiger partial charge in [-0.15, -0.1) is 10.1 Å². The molecule has 4 heterocycles. The highest BCUT2D eigenvalue weighted by Gasteiger charge is 2.37. The first kappa shape index (κ1) is 37.8. The summed E-state index contributed by atoms with van der Waals surface area (Å²) in [6.07, 6.45) is 4.39. The molecule has 0 aliphatic carbocycles. The zero-order chi connectivity index (χ0) is 37.7. The number of aliphatic hydroxyl groups is 1. The van der Waals surface area contributed by atoms with Crippen molar-refractivity contribution in [2.45, 2.75) is 66.0 Å². The van der Waals surface area contributed by atoms with Crippen LogP contribution < -0.4 is 0 Å². The number of hydroxylamine groups is 4. The number of aromatic nitrogens is 4. The van der Waals surface area contributed by atoms with Crippen molar-refractivity contribution < 1.29 is 53.4 Å². The molecule has 2 N–H and O–H groups in total. The molecule has 17 nitrogen and oxygen atoms in total. The lowest BCUT2D eigenvalue weighted by atomic mass is 10.1. The molecule has 0 saturated heterocycles. The molecule has 0 unspecified atom stereocenters. The molecular weight excluding hydrogens is 668 g/mol. The average molecular weight is 705 g/mol. The molecule has 268 valence electrons. The Hall–Kier alpha value is -6.04. The quantitative estimate of drug-likeness (QED) is 0.225. The molecule has 4 aromatic rings. The van der Waals surface area contributed by atoms with E-state index in [0.29, 0.717) is 27.6 Å². The van der Waals surface area contributed by atoms with Gasteiger partial charge in [-0.2, -0.15) is 0 Å². The van der Waals surface area contributed by atoms with Gasteiger partial charge in [0.2, 0.25) is 0 Å². The second kappa shape index (κ2) is 15.2. The number of amides is 4. The molecule has 2 aliphatic rings. The number of ether oxygens (including phenoxy) is 2. The lowest BCUT2D eigenvalue weighted by Crippen LogP contribution is -2.29. The normalized spacial score (nSPS) is 13.6. The van der Waals surface area contributed by atoms with Gasteiger partial charge < -0.3 is 14.6 Å². The summed E-state index contributed by atoms with van der Waals surface area (Å²) in [5.74, 6) is -2.36. The van der Waals surface area contributed by atoms with E-state index in [9.17, 15) is 28.8 Å². The van der Waals surface area contributed by atoms with Gasteiger partial charge in [0.15, 0.2) is 0 Å². The van der Waals surface area contributed by atoms with Gasteiger partial charge in [0.05, 0.1) is 40.2 Å². The highest BCUT2D eigenvalue weighted by Crippen LogP contribution is 2.23. The van der Waals surface area contributed by atoms with Crippen molar-refractivity contribution in [2.75, 3.05) is 0 Å². The van der Waals surface area contributed by atoms with Crippen molar-refractivity contribution in [1.82, 2.24) is 29.2 Å². The first-order valence-corrected chi connectivity index (χ1v) is 15.3. The molecule has 0 atom stereocenters. The van der Waals surface area contributed by atoms with Gasteiger partial charge >= 0.3 is 12.2 Å². The molecule has 0 saturated carbocycles. The molecule has 17 heteroatoms. The van der Waals surface area contributed by atoms with E-state index in [4.69, 9.17) is 24.6 Å². The van der Waals surface area contributed by atoms with Crippen LogP contribution in [0.1, 0.15) is 94.4 Å². The monoisotopic (exact) mass is 704 g/mol. The summed E-state index contributed by atoms with van der Waals surface area (Å²) < 4.78 is 12.7. The Morgan fingerprint density at radius 1 is 0.647 bits per heavy atom. The van der Waals surface area contributed by atoms with E-state index in [1.807, 2.05) is 0 Å². The van der Waals surface area contributed by atoms with Crippen molar-refractivity contribution in [1.29, 1.82) is 0 Å². The van der Waals surface area contributed by atoms with Crippen LogP contribution in [-0.2, 0) is 27.5 Å². The fourth-order valence-electron chi connectivity index (χ4n) is 4.30. The third kappa shape index (κ3) is 9.35. The Balaban J connectivity index is 0.000000189. The Kier molecular flexibility index (Phi) is 11.3. The second-order valence-electron chi connectivity index (χ2n) is 12.9. The van der Waals surface area contributed by atoms with Crippen LogP contribution in [0.25, 0.3) is 0 Å². The van der Waals surface area contributed by atoms with Gasteiger partial charge in [0, 0.05) is 12.4 Å². The van der Waals surface area contributed by atoms with Crippen molar-refractivity contribution in [3.63, 3.8) is 0 Å². The summed E-state index contributed by atoms with van der Waals surface area (Å²) in [6, 6.07) is 12.8. The molecule has 0 fully saturated rings. The lowest BCUT2D eigenvalue weighted by molar-refractivity contribution is -0.101. The first-order valence-electron chi connectivity index (χ1n) is 15.3. The Morgan fingerprint density at radius 3 is 1.39 bits per heavy atom. The number of rotatable bonds is 4. The third-order valence-corrected chi connectivity index (χ3v) is 6.51. The number of carbonyl (C=O) groups excluding carboxylic acids is 6. The smallest absolute Gasteiger partial charge is 0.419 e. The Bertz CT molecular complexity index is 1900. The number of benzene rings is 2. The van der Waals surface area contributed by atoms with Crippen LogP contribution in [0.5, 0.6) is 0 Å². The summed E-state index contributed by atoms with van der Waals surface area (Å²) in [6.45, 7) is 10.3. The highest BCUT2D eigenvalue weighted by molar-refractivity contribution is 6.21. The number of aliphatic hydroxyl groups excluding tert-OH is 1. The fraction of sp³-hybridized carbons (Fsp3) is 0.294. The number of carbonyl (C=O) groups is 6. The third-order valence-electron chi connectivity index (χ3n) is 6.51. The number of imide groups is 2. The SMILES string of the molecule is CC(C)(C)OC(=O)n1cnc(CO)c1.CC(C)(C)OC(=O)n1cnc(CON2C(=O)c3ccccc3C2=O)c1.O=C1c2ccccc2C(=O)N1O. The topological polar surface area (TPSA) is 213 Å². The highest BCUT2D eigenvalue weighted by atomic mass is 16.7. The van der Waals surface area contributed by atoms with Gasteiger partial charge in [0.1, 0.15) is 30.5 Å². The van der Waals surface area contributed by atoms with Crippen molar-refractivity contribution in [3.8, 4) is 0 Å². The van der Waals surface area contributed by atoms with Crippen molar-refractivity contribution >= 4 is 35.8 Å². The summed E-state index contributed by atoms with van der Waals surface area (Å²) in [5, 5.41) is 18.5. The van der Waals surface area contributed by atoms with Crippen molar-refractivity contribution in [3.05, 3.63) is 107 Å². The summed E-state index contributed by atoms with van der Waals surface area (Å²) >= 11 is 0. The van der Waals surface area contributed by atoms with Gasteiger partial charge in [-0.1, -0.05) is 24.3 Å². The Morgan fingerprint density at radius 2 is 1.02 bits per heavy atom. The predicted octanol–water partition coefficient (Wildman–Crippen LogP) is 4.22. The molecule has 4 amide bonds. The largest absolute Gasteiger partial charge is 0.443 e. The molecule has 6 rings (SSSR count). The van der Waals surface area contributed by atoms with Crippen LogP contribution in [0.4, 0.5) is 9.59 Å². The summed E-state index contributed by atoms with van der Waals surface area (Å²) in [7, 11) is 0. The van der Waals surface area contributed by atoms with Crippen LogP contribution in [-0.4, -0.2) is 86.6 Å². The molecule has 0 radical (unpaired) electrons. The van der Waals surface area contributed by atoms with Crippen LogP contribution in [0.15, 0.2) is 73.6 Å². The molecular formula is C34H36N6O11. The maximum Gasteiger partial charge on any atom is 0.419 e. The lowest BCUT2D eigenvalue weighted by Gasteiger charge is -2.19. The van der Waals surface area contributed by atoms with Gasteiger partial charge in [-0.25, -0.2) is 28.7 Å². The number of hydrogen-bond acceptors (Lipinski definition) is 13. The van der Waals surface area contributed by atoms with E-state index in [2.05, 4.69) is 9.97 Å². The molecule has 0 bridgehead atoms. The van der Waals surface area contributed by atoms with E-state index in [0.717, 1.165) is 0 Å². The number of imidazole rings is 2. The van der Waals surface area contributed by atoms with Crippen LogP contribution >= 0.6 is 0 Å². The minimum atomic E-state index is -0.657. The number of nitrogens with zero attached hydrogens (tertiary/aromatic N) is 6. The van der Waals surface area contributed by atoms with Gasteiger partial charge in [-0.05, 0) is 65.8 Å². The second-order valence-corrected chi connectivity index (χ2v) is 12.9. The predicted molar refractivity (Wildman–Crippen MR) is 174 cm³/mol. The average Bonchev–Trinajstić information content (AvgIpc) is 3.84. The van der Waals surface area contributed by atoms with Crippen LogP contribution in [0, 0.1) is 0 Å². The first-order chi connectivity index (χ1) is 23.9. The van der Waals surface area contributed by atoms with Gasteiger partial charge in [-0.3, -0.25) is 29.2 Å². The molecule has 2 aromatic carbocycles. The zero-order valence-corrected chi connectivity index (χ0v) is 28.6. The minimum Gasteiger partial charge on any atom is -0.443 e. The standard InChI is InChI=1S/C17H17N3O5.C9H14N2O3.C8H5NO3/c1-17(2,3)25-16(23)19-8-11(18-10-19)9-24-20-14(21)12-6-4-5-7-13(12)15(20)22;1-9(2,3)14-8(13)11-4-7(5-12)10-6-11;10-7-5-3-1-2-4-6(5)8(11)9(7)12/h4-8,10H,9H2,1-3H3;4,6,12H,5H2,1-3H3;1-4,12H. The van der Waals surface area contributed by atoms with Crippen LogP contribution in [0.2, 0.25) is 0 Å². The molecule has 51 heavy (non-hydrogen) atoms. The number of hydrogen-bond donors (Lipinski definition) is 2. The zero-order valence-electron chi connectivity index (χ0n) is 28.6. The molecule has 0 spiro atoms. The van der Waals surface area contributed by atoms with E-state index >= 15 is 0 Å². The maximum absolute atomic E-state index is 12.2.